The smallest absolute Gasteiger partial charge is 0.319 e. The molecule has 80 heavy (non-hydrogen) atoms. The number of carbonyl (C=O) groups is 3. The van der Waals surface area contributed by atoms with Gasteiger partial charge < -0.3 is 45.5 Å². The van der Waals surface area contributed by atoms with Gasteiger partial charge in [0.25, 0.3) is 0 Å². The van der Waals surface area contributed by atoms with Gasteiger partial charge in [0, 0.05) is 98.7 Å². The number of piperazine rings is 1. The van der Waals surface area contributed by atoms with Crippen LogP contribution < -0.4 is 25.6 Å². The van der Waals surface area contributed by atoms with Crippen LogP contribution in [0.1, 0.15) is 119 Å². The Morgan fingerprint density at radius 3 is 2.35 bits per heavy atom. The molecule has 5 aromatic rings. The number of halogens is 2. The molecule has 8 aliphatic rings. The zero-order chi connectivity index (χ0) is 55.0. The lowest BCUT2D eigenvalue weighted by atomic mass is 9.59. The van der Waals surface area contributed by atoms with Crippen LogP contribution in [-0.2, 0) is 20.8 Å². The van der Waals surface area contributed by atoms with Crippen LogP contribution in [0.4, 0.5) is 20.3 Å². The summed E-state index contributed by atoms with van der Waals surface area (Å²) >= 11 is 0. The number of benzene rings is 3. The Morgan fingerprint density at radius 2 is 1.65 bits per heavy atom. The van der Waals surface area contributed by atoms with Crippen LogP contribution in [0.15, 0.2) is 48.7 Å². The predicted molar refractivity (Wildman–Crippen MR) is 303 cm³/mol. The van der Waals surface area contributed by atoms with Crippen LogP contribution >= 0.6 is 0 Å². The van der Waals surface area contributed by atoms with Gasteiger partial charge in [-0.2, -0.15) is 9.97 Å². The second-order valence-corrected chi connectivity index (χ2v) is 25.0. The first kappa shape index (κ1) is 53.0. The highest BCUT2D eigenvalue weighted by molar-refractivity contribution is 6.17. The quantitative estimate of drug-likeness (QED) is 0.0528. The van der Waals surface area contributed by atoms with Gasteiger partial charge in [-0.1, -0.05) is 25.1 Å². The van der Waals surface area contributed by atoms with Gasteiger partial charge in [0.15, 0.2) is 5.82 Å². The number of fused-ring (bicyclic) bond motifs is 4. The molecular formula is C62H75F2N11O5. The molecule has 13 rings (SSSR count). The fraction of sp³-hybridized carbons (Fsp3) is 0.565. The maximum atomic E-state index is 17.2. The zero-order valence-corrected chi connectivity index (χ0v) is 46.2. The third-order valence-electron chi connectivity index (χ3n) is 20.1. The Balaban J connectivity index is 0.597. The van der Waals surface area contributed by atoms with Crippen LogP contribution in [0.5, 0.6) is 11.8 Å². The number of aromatic nitrogens is 3. The number of imide groups is 1. The van der Waals surface area contributed by atoms with Crippen molar-refractivity contribution in [1.82, 2.24) is 40.3 Å². The van der Waals surface area contributed by atoms with E-state index >= 15 is 8.78 Å². The van der Waals surface area contributed by atoms with E-state index in [0.29, 0.717) is 93.5 Å². The Kier molecular flexibility index (Phi) is 14.0. The number of carbonyl (C=O) groups excluding carboxylic acids is 3. The Bertz CT molecular complexity index is 3250. The van der Waals surface area contributed by atoms with Gasteiger partial charge in [0.1, 0.15) is 28.6 Å². The lowest BCUT2D eigenvalue weighted by Gasteiger charge is -2.56. The molecule has 2 aromatic heterocycles. The summed E-state index contributed by atoms with van der Waals surface area (Å²) in [6, 6.07) is 13.6. The molecule has 2 aliphatic carbocycles. The van der Waals surface area contributed by atoms with Crippen molar-refractivity contribution < 1.29 is 33.0 Å². The Labute approximate surface area is 466 Å². The predicted octanol–water partition coefficient (Wildman–Crippen LogP) is 8.32. The molecule has 3 amide bonds. The highest BCUT2D eigenvalue weighted by Crippen LogP contribution is 2.52. The number of anilines is 2. The van der Waals surface area contributed by atoms with E-state index in [0.717, 1.165) is 129 Å². The molecule has 1 spiro atoms. The number of hydrogen-bond acceptors (Lipinski definition) is 14. The fourth-order valence-electron chi connectivity index (χ4n) is 15.2. The number of likely N-dealkylation sites (tertiary alicyclic amines) is 3. The third-order valence-corrected chi connectivity index (χ3v) is 20.1. The summed E-state index contributed by atoms with van der Waals surface area (Å²) in [5.41, 5.74) is 4.15. The second-order valence-electron chi connectivity index (χ2n) is 25.0. The standard InChI is InChI=1S/C62H75F2N11O5/c1-3-44-49(63)10-5-39-26-43(76)28-47(52(39)44)55-53(64)56-48(31-67-55)57(75-32-40-6-7-41(33-75)68-40)71-60(70-56)80-35-62(16-17-62)34-72-20-12-37(13-21-72)59(79)74-24-18-61(19-25-74)29-42(30-61)73-22-14-36(15-23-73)38-4-8-45(50(27-38)66-2)54(65)46-9-11-51(77)69-58(46)78/h4-5,8,10,26-28,31,36-37,40-42,46,65-66,68,76H,3,6-7,9,11-25,29-30,32-35H2,1-2H3,(H,69,77,78). The first-order valence-electron chi connectivity index (χ1n) is 29.7. The summed E-state index contributed by atoms with van der Waals surface area (Å²) in [7, 11) is 1.86. The molecule has 3 unspecified atom stereocenters. The first-order chi connectivity index (χ1) is 38.7. The number of pyridine rings is 1. The Morgan fingerprint density at radius 1 is 0.900 bits per heavy atom. The van der Waals surface area contributed by atoms with Crippen molar-refractivity contribution >= 4 is 56.6 Å². The monoisotopic (exact) mass is 1090 g/mol. The van der Waals surface area contributed by atoms with E-state index in [1.807, 2.05) is 20.0 Å². The lowest BCUT2D eigenvalue weighted by molar-refractivity contribution is -0.142. The number of rotatable bonds is 14. The highest BCUT2D eigenvalue weighted by atomic mass is 19.1. The number of nitrogens with one attached hydrogen (secondary N) is 4. The van der Waals surface area contributed by atoms with Crippen molar-refractivity contribution in [3.63, 3.8) is 0 Å². The van der Waals surface area contributed by atoms with E-state index in [-0.39, 0.29) is 58.3 Å². The minimum absolute atomic E-state index is 0.0170. The number of aryl methyl sites for hydroxylation is 1. The molecule has 5 N–H and O–H groups in total. The van der Waals surface area contributed by atoms with E-state index < -0.39 is 17.6 Å². The van der Waals surface area contributed by atoms with E-state index in [9.17, 15) is 19.5 Å². The Hall–Kier alpha value is -6.37. The summed E-state index contributed by atoms with van der Waals surface area (Å²) in [5, 5.41) is 30.5. The number of amides is 3. The summed E-state index contributed by atoms with van der Waals surface area (Å²) in [6.07, 6.45) is 15.2. The minimum Gasteiger partial charge on any atom is -0.508 e. The molecule has 3 aromatic carbocycles. The molecule has 6 saturated heterocycles. The molecule has 2 saturated carbocycles. The summed E-state index contributed by atoms with van der Waals surface area (Å²) < 4.78 is 39.0. The first-order valence-corrected chi connectivity index (χ1v) is 29.7. The van der Waals surface area contributed by atoms with Gasteiger partial charge in [0.2, 0.25) is 17.7 Å². The van der Waals surface area contributed by atoms with Gasteiger partial charge in [-0.25, -0.2) is 8.78 Å². The number of hydrogen-bond donors (Lipinski definition) is 5. The van der Waals surface area contributed by atoms with Crippen molar-refractivity contribution in [3.8, 4) is 23.0 Å². The fourth-order valence-corrected chi connectivity index (χ4v) is 15.2. The molecular weight excluding hydrogens is 1020 g/mol. The number of aromatic hydroxyl groups is 1. The molecule has 8 heterocycles. The van der Waals surface area contributed by atoms with Gasteiger partial charge in [-0.15, -0.1) is 0 Å². The summed E-state index contributed by atoms with van der Waals surface area (Å²) in [4.78, 5) is 62.2. The maximum Gasteiger partial charge on any atom is 0.319 e. The number of piperidine rings is 4. The van der Waals surface area contributed by atoms with Crippen molar-refractivity contribution in [3.05, 3.63) is 77.0 Å². The topological polar surface area (TPSA) is 192 Å². The number of phenols is 1. The average Bonchev–Trinajstić information content (AvgIpc) is 4.21. The van der Waals surface area contributed by atoms with Gasteiger partial charge >= 0.3 is 6.01 Å². The summed E-state index contributed by atoms with van der Waals surface area (Å²) in [6.45, 7) is 10.1. The largest absolute Gasteiger partial charge is 0.508 e. The van der Waals surface area contributed by atoms with Crippen molar-refractivity contribution in [2.24, 2.45) is 22.7 Å². The molecule has 3 atom stereocenters. The van der Waals surface area contributed by atoms with Gasteiger partial charge in [-0.05, 0) is 174 Å². The zero-order valence-electron chi connectivity index (χ0n) is 46.2. The van der Waals surface area contributed by atoms with Crippen molar-refractivity contribution in [1.29, 1.82) is 5.41 Å². The van der Waals surface area contributed by atoms with Gasteiger partial charge in [0.05, 0.1) is 23.6 Å². The number of phenolic OH excluding ortho intramolecular Hbond substituents is 1. The van der Waals surface area contributed by atoms with Crippen molar-refractivity contribution in [2.45, 2.75) is 127 Å². The normalized spacial score (nSPS) is 24.6. The molecule has 18 heteroatoms. The average molecular weight is 1090 g/mol. The molecule has 0 radical (unpaired) electrons. The van der Waals surface area contributed by atoms with E-state index in [1.165, 1.54) is 30.5 Å². The van der Waals surface area contributed by atoms with Crippen LogP contribution in [0.25, 0.3) is 32.9 Å². The van der Waals surface area contributed by atoms with Crippen LogP contribution in [0.3, 0.4) is 0 Å². The molecule has 16 nitrogen and oxygen atoms in total. The van der Waals surface area contributed by atoms with Gasteiger partial charge in [-0.3, -0.25) is 24.7 Å². The summed E-state index contributed by atoms with van der Waals surface area (Å²) in [5.74, 6) is -1.01. The third kappa shape index (κ3) is 10.0. The van der Waals surface area contributed by atoms with Crippen LogP contribution in [0.2, 0.25) is 0 Å². The molecule has 8 fully saturated rings. The maximum absolute atomic E-state index is 17.2. The van der Waals surface area contributed by atoms with E-state index in [4.69, 9.17) is 20.1 Å². The number of ether oxygens (including phenoxy) is 1. The molecule has 2 bridgehead atoms. The minimum atomic E-state index is -0.671. The second kappa shape index (κ2) is 21.2. The van der Waals surface area contributed by atoms with Crippen LogP contribution in [-0.4, -0.2) is 149 Å². The van der Waals surface area contributed by atoms with E-state index in [1.54, 1.807) is 18.3 Å². The van der Waals surface area contributed by atoms with Crippen LogP contribution in [0, 0.1) is 39.7 Å². The van der Waals surface area contributed by atoms with E-state index in [2.05, 4.69) is 52.7 Å². The highest BCUT2D eigenvalue weighted by Gasteiger charge is 2.50. The lowest BCUT2D eigenvalue weighted by Crippen LogP contribution is -2.57. The SMILES string of the molecule is CCc1c(F)ccc2cc(O)cc(-c3ncc4c(N5CC6CCC(C5)N6)nc(OCC5(CN6CCC(C(=O)N7CCC8(CC7)CC(N7CCC(c9ccc(C(=N)C%10CCC(=O)NC%10=O)c(NC)c9)CC7)C8)CC6)CC5)nc4c3F)c12. The molecule has 422 valence electrons. The number of nitrogens with zero attached hydrogens (tertiary/aromatic N) is 7. The molecule has 6 aliphatic heterocycles. The van der Waals surface area contributed by atoms with Crippen molar-refractivity contribution in [2.75, 3.05) is 82.8 Å².